The third kappa shape index (κ3) is 5.67. The lowest BCUT2D eigenvalue weighted by molar-refractivity contribution is -0.169. The number of hydrogen-bond donors (Lipinski definition) is 0. The van der Waals surface area contributed by atoms with E-state index >= 15 is 0 Å². The summed E-state index contributed by atoms with van der Waals surface area (Å²) in [5.41, 5.74) is 0.505. The van der Waals surface area contributed by atoms with E-state index in [-0.39, 0.29) is 12.5 Å². The Kier molecular flexibility index (Phi) is 6.34. The van der Waals surface area contributed by atoms with Crippen LogP contribution in [0.25, 0.3) is 0 Å². The number of nitriles is 1. The van der Waals surface area contributed by atoms with Gasteiger partial charge in [-0.1, -0.05) is 0 Å². The first-order valence-corrected chi connectivity index (χ1v) is 7.72. The molecule has 0 radical (unpaired) electrons. The molecule has 1 aromatic carbocycles. The third-order valence-corrected chi connectivity index (χ3v) is 3.43. The van der Waals surface area contributed by atoms with Crippen molar-refractivity contribution in [2.24, 2.45) is 5.92 Å². The summed E-state index contributed by atoms with van der Waals surface area (Å²) < 4.78 is 61.1. The van der Waals surface area contributed by atoms with Crippen molar-refractivity contribution in [3.05, 3.63) is 47.9 Å². The number of rotatable bonds is 7. The number of aryl methyl sites for hydroxylation is 1. The lowest BCUT2D eigenvalue weighted by atomic mass is 10.0. The molecule has 0 aliphatic heterocycles. The van der Waals surface area contributed by atoms with Gasteiger partial charge >= 0.3 is 6.18 Å². The van der Waals surface area contributed by atoms with Crippen molar-refractivity contribution >= 4 is 5.78 Å². The summed E-state index contributed by atoms with van der Waals surface area (Å²) >= 11 is 0. The number of Topliss-reactive ketones (excluding diaryl/α,β-unsaturated/α-hetero) is 1. The molecule has 27 heavy (non-hydrogen) atoms. The maximum absolute atomic E-state index is 13.0. The Hall–Kier alpha value is -3.15. The number of nitrogens with zero attached hydrogens (tertiary/aromatic N) is 2. The first-order chi connectivity index (χ1) is 12.7. The van der Waals surface area contributed by atoms with Crippen LogP contribution < -0.4 is 9.47 Å². The average Bonchev–Trinajstić information content (AvgIpc) is 2.58. The third-order valence-electron chi connectivity index (χ3n) is 3.43. The van der Waals surface area contributed by atoms with Crippen molar-refractivity contribution in [3.8, 4) is 23.4 Å². The molecular weight excluding hydrogens is 368 g/mol. The molecule has 0 bridgehead atoms. The zero-order valence-electron chi connectivity index (χ0n) is 14.1. The smallest absolute Gasteiger partial charge is 0.411 e. The van der Waals surface area contributed by atoms with E-state index in [4.69, 9.17) is 14.7 Å². The fourth-order valence-corrected chi connectivity index (χ4v) is 2.09. The number of pyridine rings is 1. The van der Waals surface area contributed by atoms with Gasteiger partial charge in [0, 0.05) is 12.0 Å². The second kappa shape index (κ2) is 8.49. The van der Waals surface area contributed by atoms with Crippen LogP contribution in [0, 0.1) is 30.0 Å². The summed E-state index contributed by atoms with van der Waals surface area (Å²) in [4.78, 5) is 15.3. The quantitative estimate of drug-likeness (QED) is 0.666. The Bertz CT molecular complexity index is 845. The monoisotopic (exact) mass is 382 g/mol. The van der Waals surface area contributed by atoms with Crippen LogP contribution in [0.1, 0.15) is 12.0 Å². The van der Waals surface area contributed by atoms with E-state index in [2.05, 4.69) is 4.98 Å². The van der Waals surface area contributed by atoms with Gasteiger partial charge in [-0.05, 0) is 37.3 Å². The second-order valence-corrected chi connectivity index (χ2v) is 5.52. The minimum Gasteiger partial charge on any atom is -0.493 e. The van der Waals surface area contributed by atoms with Crippen molar-refractivity contribution in [2.75, 3.05) is 6.61 Å². The number of alkyl halides is 3. The van der Waals surface area contributed by atoms with Crippen LogP contribution in [0.4, 0.5) is 17.6 Å². The SMILES string of the molecule is Cc1cc(F)cnc1Oc1ccc(OCCC(=O)C(C#N)C(F)(F)F)cc1. The molecule has 0 saturated heterocycles. The van der Waals surface area contributed by atoms with Gasteiger partial charge in [-0.25, -0.2) is 9.37 Å². The second-order valence-electron chi connectivity index (χ2n) is 5.52. The molecule has 5 nitrogen and oxygen atoms in total. The molecule has 0 aliphatic carbocycles. The van der Waals surface area contributed by atoms with E-state index in [0.29, 0.717) is 17.1 Å². The lowest BCUT2D eigenvalue weighted by Crippen LogP contribution is -2.30. The van der Waals surface area contributed by atoms with Crippen molar-refractivity contribution in [1.29, 1.82) is 5.26 Å². The number of hydrogen-bond acceptors (Lipinski definition) is 5. The number of benzene rings is 1. The number of carbonyl (C=O) groups is 1. The van der Waals surface area contributed by atoms with E-state index in [1.807, 2.05) is 0 Å². The van der Waals surface area contributed by atoms with Crippen LogP contribution in [0.5, 0.6) is 17.4 Å². The largest absolute Gasteiger partial charge is 0.493 e. The van der Waals surface area contributed by atoms with Gasteiger partial charge in [-0.2, -0.15) is 18.4 Å². The molecule has 1 heterocycles. The molecule has 0 saturated carbocycles. The number of ether oxygens (including phenoxy) is 2. The predicted octanol–water partition coefficient (Wildman–Crippen LogP) is 4.36. The van der Waals surface area contributed by atoms with Crippen molar-refractivity contribution in [1.82, 2.24) is 4.98 Å². The van der Waals surface area contributed by atoms with Crippen LogP contribution in [-0.4, -0.2) is 23.6 Å². The number of carbonyl (C=O) groups excluding carboxylic acids is 1. The Labute approximate surface area is 152 Å². The van der Waals surface area contributed by atoms with E-state index in [0.717, 1.165) is 12.3 Å². The summed E-state index contributed by atoms with van der Waals surface area (Å²) in [6.45, 7) is 1.33. The van der Waals surface area contributed by atoms with Crippen LogP contribution >= 0.6 is 0 Å². The maximum Gasteiger partial charge on any atom is 0.411 e. The number of halogens is 4. The van der Waals surface area contributed by atoms with Crippen LogP contribution in [-0.2, 0) is 4.79 Å². The Morgan fingerprint density at radius 2 is 1.89 bits per heavy atom. The number of aromatic nitrogens is 1. The van der Waals surface area contributed by atoms with Crippen LogP contribution in [0.15, 0.2) is 36.5 Å². The summed E-state index contributed by atoms with van der Waals surface area (Å²) in [5, 5.41) is 8.46. The van der Waals surface area contributed by atoms with E-state index in [1.54, 1.807) is 6.92 Å². The Balaban J connectivity index is 1.89. The van der Waals surface area contributed by atoms with Gasteiger partial charge in [0.15, 0.2) is 11.7 Å². The van der Waals surface area contributed by atoms with Crippen molar-refractivity contribution in [3.63, 3.8) is 0 Å². The first-order valence-electron chi connectivity index (χ1n) is 7.72. The maximum atomic E-state index is 13.0. The standard InChI is InChI=1S/C18H14F4N2O3/c1-11-8-12(19)10-24-17(11)27-14-4-2-13(3-5-14)26-7-6-16(25)15(9-23)18(20,21)22/h2-5,8,10,15H,6-7H2,1H3. The zero-order valence-corrected chi connectivity index (χ0v) is 14.1. The van der Waals surface area contributed by atoms with E-state index in [9.17, 15) is 22.4 Å². The van der Waals surface area contributed by atoms with E-state index < -0.39 is 30.1 Å². The highest BCUT2D eigenvalue weighted by atomic mass is 19.4. The molecule has 0 fully saturated rings. The molecule has 142 valence electrons. The molecule has 1 aromatic heterocycles. The lowest BCUT2D eigenvalue weighted by Gasteiger charge is -2.12. The van der Waals surface area contributed by atoms with Gasteiger partial charge in [-0.3, -0.25) is 4.79 Å². The summed E-state index contributed by atoms with van der Waals surface area (Å²) in [6, 6.07) is 8.25. The highest BCUT2D eigenvalue weighted by Crippen LogP contribution is 2.28. The molecule has 1 atom stereocenters. The molecule has 0 spiro atoms. The molecule has 1 unspecified atom stereocenters. The van der Waals surface area contributed by atoms with E-state index in [1.165, 1.54) is 30.3 Å². The highest BCUT2D eigenvalue weighted by molar-refractivity contribution is 5.84. The molecule has 0 amide bonds. The molecule has 0 aliphatic rings. The first kappa shape index (κ1) is 20.2. The molecule has 9 heteroatoms. The topological polar surface area (TPSA) is 72.2 Å². The molecule has 2 rings (SSSR count). The van der Waals surface area contributed by atoms with Gasteiger partial charge in [0.2, 0.25) is 5.88 Å². The van der Waals surface area contributed by atoms with Crippen molar-refractivity contribution < 1.29 is 31.8 Å². The molecular formula is C18H14F4N2O3. The highest BCUT2D eigenvalue weighted by Gasteiger charge is 2.44. The summed E-state index contributed by atoms with van der Waals surface area (Å²) in [5.74, 6) is -3.46. The van der Waals surface area contributed by atoms with Crippen LogP contribution in [0.2, 0.25) is 0 Å². The minimum atomic E-state index is -4.89. The average molecular weight is 382 g/mol. The van der Waals surface area contributed by atoms with Gasteiger partial charge < -0.3 is 9.47 Å². The van der Waals surface area contributed by atoms with Gasteiger partial charge in [0.05, 0.1) is 18.9 Å². The Morgan fingerprint density at radius 3 is 2.44 bits per heavy atom. The molecule has 0 N–H and O–H groups in total. The van der Waals surface area contributed by atoms with Gasteiger partial charge in [-0.15, -0.1) is 0 Å². The Morgan fingerprint density at radius 1 is 1.26 bits per heavy atom. The summed E-state index contributed by atoms with van der Waals surface area (Å²) in [6.07, 6.45) is -4.42. The van der Waals surface area contributed by atoms with Gasteiger partial charge in [0.1, 0.15) is 17.3 Å². The normalized spacial score (nSPS) is 12.1. The predicted molar refractivity (Wildman–Crippen MR) is 85.7 cm³/mol. The summed E-state index contributed by atoms with van der Waals surface area (Å²) in [7, 11) is 0. The fourth-order valence-electron chi connectivity index (χ4n) is 2.09. The van der Waals surface area contributed by atoms with Crippen LogP contribution in [0.3, 0.4) is 0 Å². The fraction of sp³-hybridized carbons (Fsp3) is 0.278. The minimum absolute atomic E-state index is 0.227. The number of ketones is 1. The zero-order chi connectivity index (χ0) is 20.0. The van der Waals surface area contributed by atoms with Gasteiger partial charge in [0.25, 0.3) is 0 Å². The van der Waals surface area contributed by atoms with Crippen molar-refractivity contribution in [2.45, 2.75) is 19.5 Å². The molecule has 2 aromatic rings.